The first-order chi connectivity index (χ1) is 10.2. The van der Waals surface area contributed by atoms with E-state index in [4.69, 9.17) is 9.47 Å². The largest absolute Gasteiger partial charge is 0.497 e. The third kappa shape index (κ3) is 4.44. The standard InChI is InChI=1S/C13H17N5O3/c1-3-8-18-16-13(15-17-18)14-12(19)9-21-11-6-4-10(20-2)5-7-11/h4-7H,3,8-9H2,1-2H3,(H,14,16,19). The van der Waals surface area contributed by atoms with Crippen LogP contribution < -0.4 is 14.8 Å². The second kappa shape index (κ2) is 7.22. The van der Waals surface area contributed by atoms with E-state index in [1.54, 1.807) is 31.4 Å². The summed E-state index contributed by atoms with van der Waals surface area (Å²) in [5.41, 5.74) is 0. The summed E-state index contributed by atoms with van der Waals surface area (Å²) < 4.78 is 10.4. The molecule has 2 rings (SSSR count). The van der Waals surface area contributed by atoms with Crippen LogP contribution in [0.2, 0.25) is 0 Å². The Hall–Kier alpha value is -2.64. The van der Waals surface area contributed by atoms with Crippen LogP contribution in [0.15, 0.2) is 24.3 Å². The number of carbonyl (C=O) groups is 1. The Balaban J connectivity index is 1.80. The van der Waals surface area contributed by atoms with E-state index in [1.807, 2.05) is 6.92 Å². The van der Waals surface area contributed by atoms with E-state index in [-0.39, 0.29) is 18.5 Å². The smallest absolute Gasteiger partial charge is 0.270 e. The van der Waals surface area contributed by atoms with Crippen LogP contribution in [-0.2, 0) is 11.3 Å². The van der Waals surface area contributed by atoms with Crippen molar-refractivity contribution in [2.75, 3.05) is 19.0 Å². The lowest BCUT2D eigenvalue weighted by Crippen LogP contribution is -2.21. The average molecular weight is 291 g/mol. The summed E-state index contributed by atoms with van der Waals surface area (Å²) in [7, 11) is 1.59. The summed E-state index contributed by atoms with van der Waals surface area (Å²) in [5, 5.41) is 14.1. The molecular weight excluding hydrogens is 274 g/mol. The Labute approximate surface area is 122 Å². The molecule has 0 spiro atoms. The molecule has 1 aromatic heterocycles. The molecule has 8 heteroatoms. The minimum Gasteiger partial charge on any atom is -0.497 e. The molecule has 0 radical (unpaired) electrons. The first-order valence-corrected chi connectivity index (χ1v) is 6.55. The highest BCUT2D eigenvalue weighted by Gasteiger charge is 2.08. The van der Waals surface area contributed by atoms with Crippen molar-refractivity contribution in [2.24, 2.45) is 0 Å². The number of nitrogens with zero attached hydrogens (tertiary/aromatic N) is 4. The first kappa shape index (κ1) is 14.8. The lowest BCUT2D eigenvalue weighted by Gasteiger charge is -2.06. The van der Waals surface area contributed by atoms with E-state index in [2.05, 4.69) is 20.7 Å². The molecule has 0 fully saturated rings. The van der Waals surface area contributed by atoms with Crippen molar-refractivity contribution in [1.29, 1.82) is 0 Å². The zero-order valence-electron chi connectivity index (χ0n) is 11.9. The topological polar surface area (TPSA) is 91.2 Å². The Morgan fingerprint density at radius 2 is 2.00 bits per heavy atom. The lowest BCUT2D eigenvalue weighted by molar-refractivity contribution is -0.118. The molecule has 1 amide bonds. The van der Waals surface area contributed by atoms with E-state index >= 15 is 0 Å². The number of aryl methyl sites for hydroxylation is 1. The number of tetrazole rings is 1. The molecule has 112 valence electrons. The molecular formula is C13H17N5O3. The van der Waals surface area contributed by atoms with Gasteiger partial charge in [0.15, 0.2) is 6.61 Å². The van der Waals surface area contributed by atoms with Gasteiger partial charge in [-0.3, -0.25) is 10.1 Å². The van der Waals surface area contributed by atoms with Crippen LogP contribution in [0, 0.1) is 0 Å². The SMILES string of the molecule is CCCn1nnc(NC(=O)COc2ccc(OC)cc2)n1. The summed E-state index contributed by atoms with van der Waals surface area (Å²) in [4.78, 5) is 13.1. The fourth-order valence-electron chi connectivity index (χ4n) is 1.57. The van der Waals surface area contributed by atoms with E-state index in [9.17, 15) is 4.79 Å². The molecule has 21 heavy (non-hydrogen) atoms. The van der Waals surface area contributed by atoms with Gasteiger partial charge in [0.2, 0.25) is 0 Å². The average Bonchev–Trinajstić information content (AvgIpc) is 2.93. The third-order valence-corrected chi connectivity index (χ3v) is 2.56. The Morgan fingerprint density at radius 3 is 2.67 bits per heavy atom. The number of hydrogen-bond acceptors (Lipinski definition) is 6. The van der Waals surface area contributed by atoms with Crippen molar-refractivity contribution >= 4 is 11.9 Å². The van der Waals surface area contributed by atoms with Gasteiger partial charge in [0.05, 0.1) is 13.7 Å². The van der Waals surface area contributed by atoms with Gasteiger partial charge in [-0.1, -0.05) is 12.0 Å². The number of amides is 1. The summed E-state index contributed by atoms with van der Waals surface area (Å²) in [5.74, 6) is 1.13. The number of methoxy groups -OCH3 is 1. The number of rotatable bonds is 7. The van der Waals surface area contributed by atoms with Crippen LogP contribution in [0.3, 0.4) is 0 Å². The first-order valence-electron chi connectivity index (χ1n) is 6.55. The van der Waals surface area contributed by atoms with Gasteiger partial charge in [-0.15, -0.1) is 5.10 Å². The molecule has 0 saturated heterocycles. The van der Waals surface area contributed by atoms with Gasteiger partial charge in [0.25, 0.3) is 11.9 Å². The van der Waals surface area contributed by atoms with Crippen LogP contribution >= 0.6 is 0 Å². The molecule has 8 nitrogen and oxygen atoms in total. The molecule has 0 bridgehead atoms. The van der Waals surface area contributed by atoms with Gasteiger partial charge in [0, 0.05) is 0 Å². The molecule has 1 N–H and O–H groups in total. The monoisotopic (exact) mass is 291 g/mol. The van der Waals surface area contributed by atoms with Gasteiger partial charge in [-0.25, -0.2) is 0 Å². The van der Waals surface area contributed by atoms with Crippen molar-refractivity contribution in [3.8, 4) is 11.5 Å². The predicted molar refractivity (Wildman–Crippen MR) is 75.2 cm³/mol. The van der Waals surface area contributed by atoms with Gasteiger partial charge in [-0.05, 0) is 35.9 Å². The summed E-state index contributed by atoms with van der Waals surface area (Å²) in [6.07, 6.45) is 0.893. The molecule has 1 aromatic carbocycles. The molecule has 0 unspecified atom stereocenters. The number of aromatic nitrogens is 4. The highest BCUT2D eigenvalue weighted by Crippen LogP contribution is 2.16. The zero-order valence-corrected chi connectivity index (χ0v) is 11.9. The van der Waals surface area contributed by atoms with Crippen molar-refractivity contribution in [3.05, 3.63) is 24.3 Å². The Morgan fingerprint density at radius 1 is 1.29 bits per heavy atom. The number of hydrogen-bond donors (Lipinski definition) is 1. The fraction of sp³-hybridized carbons (Fsp3) is 0.385. The third-order valence-electron chi connectivity index (χ3n) is 2.56. The normalized spacial score (nSPS) is 10.2. The summed E-state index contributed by atoms with van der Waals surface area (Å²) in [6.45, 7) is 2.53. The van der Waals surface area contributed by atoms with Crippen LogP contribution in [0.5, 0.6) is 11.5 Å². The predicted octanol–water partition coefficient (Wildman–Crippen LogP) is 1.11. The number of nitrogens with one attached hydrogen (secondary N) is 1. The second-order valence-electron chi connectivity index (χ2n) is 4.22. The van der Waals surface area contributed by atoms with Crippen LogP contribution in [-0.4, -0.2) is 39.8 Å². The maximum Gasteiger partial charge on any atom is 0.270 e. The highest BCUT2D eigenvalue weighted by atomic mass is 16.5. The summed E-state index contributed by atoms with van der Waals surface area (Å²) in [6, 6.07) is 6.96. The van der Waals surface area contributed by atoms with Crippen molar-refractivity contribution in [1.82, 2.24) is 20.2 Å². The van der Waals surface area contributed by atoms with Gasteiger partial charge >= 0.3 is 0 Å². The number of anilines is 1. The molecule has 1 heterocycles. The zero-order chi connectivity index (χ0) is 15.1. The van der Waals surface area contributed by atoms with E-state index in [1.165, 1.54) is 4.80 Å². The minimum atomic E-state index is -0.345. The minimum absolute atomic E-state index is 0.130. The molecule has 0 saturated carbocycles. The Kier molecular flexibility index (Phi) is 5.08. The van der Waals surface area contributed by atoms with Crippen molar-refractivity contribution in [3.63, 3.8) is 0 Å². The second-order valence-corrected chi connectivity index (χ2v) is 4.22. The van der Waals surface area contributed by atoms with E-state index in [0.717, 1.165) is 12.2 Å². The molecule has 0 aliphatic heterocycles. The van der Waals surface area contributed by atoms with Gasteiger partial charge < -0.3 is 9.47 Å². The van der Waals surface area contributed by atoms with Gasteiger partial charge in [0.1, 0.15) is 11.5 Å². The lowest BCUT2D eigenvalue weighted by atomic mass is 10.3. The quantitative estimate of drug-likeness (QED) is 0.821. The molecule has 2 aromatic rings. The van der Waals surface area contributed by atoms with Crippen LogP contribution in [0.4, 0.5) is 5.95 Å². The molecule has 0 atom stereocenters. The van der Waals surface area contributed by atoms with Gasteiger partial charge in [-0.2, -0.15) is 4.80 Å². The van der Waals surface area contributed by atoms with E-state index < -0.39 is 0 Å². The van der Waals surface area contributed by atoms with E-state index in [0.29, 0.717) is 12.3 Å². The van der Waals surface area contributed by atoms with Crippen LogP contribution in [0.1, 0.15) is 13.3 Å². The number of carbonyl (C=O) groups excluding carboxylic acids is 1. The fourth-order valence-corrected chi connectivity index (χ4v) is 1.57. The maximum absolute atomic E-state index is 11.7. The highest BCUT2D eigenvalue weighted by molar-refractivity contribution is 5.90. The number of ether oxygens (including phenoxy) is 2. The maximum atomic E-state index is 11.7. The summed E-state index contributed by atoms with van der Waals surface area (Å²) >= 11 is 0. The van der Waals surface area contributed by atoms with Crippen LogP contribution in [0.25, 0.3) is 0 Å². The molecule has 0 aliphatic carbocycles. The van der Waals surface area contributed by atoms with Crippen molar-refractivity contribution in [2.45, 2.75) is 19.9 Å². The molecule has 0 aliphatic rings. The van der Waals surface area contributed by atoms with Crippen molar-refractivity contribution < 1.29 is 14.3 Å². The Bertz CT molecular complexity index is 582. The number of benzene rings is 1.